The van der Waals surface area contributed by atoms with E-state index in [1.54, 1.807) is 20.8 Å². The van der Waals surface area contributed by atoms with Gasteiger partial charge in [0.25, 0.3) is 11.8 Å². The van der Waals surface area contributed by atoms with E-state index in [1.165, 1.54) is 0 Å². The summed E-state index contributed by atoms with van der Waals surface area (Å²) in [7, 11) is 0. The van der Waals surface area contributed by atoms with Gasteiger partial charge in [0.1, 0.15) is 5.60 Å². The molecule has 0 heterocycles. The van der Waals surface area contributed by atoms with Gasteiger partial charge in [-0.25, -0.2) is 4.79 Å². The van der Waals surface area contributed by atoms with E-state index in [4.69, 9.17) is 10.5 Å². The van der Waals surface area contributed by atoms with Gasteiger partial charge < -0.3 is 36.6 Å². The zero-order chi connectivity index (χ0) is 26.2. The van der Waals surface area contributed by atoms with Crippen molar-refractivity contribution in [1.29, 1.82) is 0 Å². The number of rotatable bonds is 9. The molecule has 36 heavy (non-hydrogen) atoms. The second-order valence-corrected chi connectivity index (χ2v) is 11.8. The molecule has 7 N–H and O–H groups in total. The van der Waals surface area contributed by atoms with Crippen LogP contribution in [-0.4, -0.2) is 69.1 Å². The standard InChI is InChI=1S/C15H26N2O4.C10H18N2O2.ClH/c1-5-9-8-15(9,17-13(20)21-14(2,3)4)11(18)12(19)16-10-6-7-10;1-2-6-5-10(6,11)8(13)9(14)12-7-3-4-7;/h9-11,18H,5-8H2,1-4H3,(H,16,19)(H,17,20);6-8,13H,2-5,11H2,1H3,(H,12,14);1H/t9-,11?,15+;6-,8?,10+;/m11./s1. The van der Waals surface area contributed by atoms with Crippen molar-refractivity contribution in [3.8, 4) is 0 Å². The summed E-state index contributed by atoms with van der Waals surface area (Å²) in [5.74, 6) is -0.275. The van der Waals surface area contributed by atoms with E-state index in [0.29, 0.717) is 18.4 Å². The molecule has 4 rings (SSSR count). The molecule has 10 nitrogen and oxygen atoms in total. The third-order valence-corrected chi connectivity index (χ3v) is 7.41. The number of hydrogen-bond donors (Lipinski definition) is 6. The van der Waals surface area contributed by atoms with E-state index in [0.717, 1.165) is 44.9 Å². The molecule has 4 fully saturated rings. The quantitative estimate of drug-likeness (QED) is 0.262. The van der Waals surface area contributed by atoms with Crippen molar-refractivity contribution in [2.24, 2.45) is 17.6 Å². The van der Waals surface area contributed by atoms with Gasteiger partial charge in [-0.05, 0) is 71.1 Å². The number of nitrogens with two attached hydrogens (primary N) is 1. The first-order chi connectivity index (χ1) is 16.3. The fraction of sp³-hybridized carbons (Fsp3) is 0.880. The van der Waals surface area contributed by atoms with Gasteiger partial charge >= 0.3 is 6.09 Å². The first-order valence-electron chi connectivity index (χ1n) is 13.0. The van der Waals surface area contributed by atoms with Crippen LogP contribution in [0.3, 0.4) is 0 Å². The number of amides is 3. The zero-order valence-electron chi connectivity index (χ0n) is 22.1. The molecule has 0 bridgehead atoms. The highest BCUT2D eigenvalue weighted by Gasteiger charge is 2.62. The van der Waals surface area contributed by atoms with Crippen LogP contribution in [0.25, 0.3) is 0 Å². The number of carbonyl (C=O) groups is 3. The van der Waals surface area contributed by atoms with Gasteiger partial charge in [0.2, 0.25) is 0 Å². The lowest BCUT2D eigenvalue weighted by Crippen LogP contribution is -2.55. The Morgan fingerprint density at radius 1 is 0.917 bits per heavy atom. The van der Waals surface area contributed by atoms with Gasteiger partial charge in [0.15, 0.2) is 12.2 Å². The zero-order valence-corrected chi connectivity index (χ0v) is 23.0. The van der Waals surface area contributed by atoms with Crippen molar-refractivity contribution in [2.75, 3.05) is 0 Å². The molecule has 3 amide bonds. The van der Waals surface area contributed by atoms with Crippen molar-refractivity contribution in [2.45, 2.75) is 127 Å². The molecule has 6 atom stereocenters. The van der Waals surface area contributed by atoms with Crippen LogP contribution in [0.15, 0.2) is 0 Å². The van der Waals surface area contributed by atoms with Crippen molar-refractivity contribution < 1.29 is 29.3 Å². The first-order valence-corrected chi connectivity index (χ1v) is 13.0. The molecule has 0 aromatic carbocycles. The Morgan fingerprint density at radius 2 is 1.39 bits per heavy atom. The highest BCUT2D eigenvalue weighted by atomic mass is 35.5. The molecule has 4 aliphatic rings. The molecule has 0 radical (unpaired) electrons. The summed E-state index contributed by atoms with van der Waals surface area (Å²) in [6.45, 7) is 9.35. The monoisotopic (exact) mass is 532 g/mol. The molecule has 4 aliphatic carbocycles. The molecule has 0 aromatic heterocycles. The number of carbonyl (C=O) groups excluding carboxylic acids is 3. The largest absolute Gasteiger partial charge is 0.444 e. The number of hydrogen-bond acceptors (Lipinski definition) is 7. The molecule has 4 saturated carbocycles. The third kappa shape index (κ3) is 7.69. The van der Waals surface area contributed by atoms with Gasteiger partial charge in [-0.1, -0.05) is 26.7 Å². The highest BCUT2D eigenvalue weighted by Crippen LogP contribution is 2.49. The smallest absolute Gasteiger partial charge is 0.408 e. The maximum Gasteiger partial charge on any atom is 0.408 e. The summed E-state index contributed by atoms with van der Waals surface area (Å²) in [5.41, 5.74) is 3.80. The minimum Gasteiger partial charge on any atom is -0.444 e. The Labute approximate surface area is 220 Å². The van der Waals surface area contributed by atoms with Crippen LogP contribution >= 0.6 is 12.4 Å². The number of halogens is 1. The van der Waals surface area contributed by atoms with Crippen molar-refractivity contribution >= 4 is 30.3 Å². The minimum atomic E-state index is -1.23. The Kier molecular flexibility index (Phi) is 9.70. The maximum absolute atomic E-state index is 12.1. The number of nitrogens with one attached hydrogen (secondary N) is 3. The third-order valence-electron chi connectivity index (χ3n) is 7.41. The van der Waals surface area contributed by atoms with Gasteiger partial charge in [-0.2, -0.15) is 0 Å². The average Bonchev–Trinajstić information content (AvgIpc) is 3.59. The molecule has 0 aliphatic heterocycles. The van der Waals surface area contributed by atoms with E-state index in [-0.39, 0.29) is 30.3 Å². The van der Waals surface area contributed by atoms with Gasteiger partial charge in [-0.15, -0.1) is 12.4 Å². The summed E-state index contributed by atoms with van der Waals surface area (Å²) >= 11 is 0. The summed E-state index contributed by atoms with van der Waals surface area (Å²) in [6, 6.07) is 0.476. The second kappa shape index (κ2) is 11.4. The predicted molar refractivity (Wildman–Crippen MR) is 137 cm³/mol. The minimum absolute atomic E-state index is 0. The number of aliphatic hydroxyl groups is 2. The Hall–Kier alpha value is -1.62. The van der Waals surface area contributed by atoms with E-state index in [1.807, 2.05) is 13.8 Å². The Bertz CT molecular complexity index is 815. The van der Waals surface area contributed by atoms with Gasteiger partial charge in [0.05, 0.1) is 11.1 Å². The number of aliphatic hydroxyl groups excluding tert-OH is 2. The van der Waals surface area contributed by atoms with E-state index in [9.17, 15) is 24.6 Å². The van der Waals surface area contributed by atoms with Gasteiger partial charge in [0, 0.05) is 12.1 Å². The van der Waals surface area contributed by atoms with Crippen molar-refractivity contribution in [3.05, 3.63) is 0 Å². The number of alkyl carbamates (subject to hydrolysis) is 1. The van der Waals surface area contributed by atoms with Crippen LogP contribution in [-0.2, 0) is 14.3 Å². The van der Waals surface area contributed by atoms with Crippen LogP contribution in [0.4, 0.5) is 4.79 Å². The molecule has 0 spiro atoms. The van der Waals surface area contributed by atoms with Crippen LogP contribution in [0.2, 0.25) is 0 Å². The summed E-state index contributed by atoms with van der Waals surface area (Å²) in [5, 5.41) is 28.4. The van der Waals surface area contributed by atoms with Crippen molar-refractivity contribution in [1.82, 2.24) is 16.0 Å². The average molecular weight is 533 g/mol. The lowest BCUT2D eigenvalue weighted by Gasteiger charge is -2.27. The number of ether oxygens (including phenoxy) is 1. The first kappa shape index (κ1) is 30.6. The molecule has 0 aromatic rings. The maximum atomic E-state index is 12.1. The molecular formula is C25H45ClN4O6. The SMILES string of the molecule is CC[C@@H]1C[C@@]1(N)C(O)C(=O)NC1CC1.CC[C@@H]1C[C@@]1(NC(=O)OC(C)(C)C)C(O)C(=O)NC1CC1.Cl. The fourth-order valence-corrected chi connectivity index (χ4v) is 4.63. The van der Waals surface area contributed by atoms with Crippen molar-refractivity contribution in [3.63, 3.8) is 0 Å². The predicted octanol–water partition coefficient (Wildman–Crippen LogP) is 1.49. The van der Waals surface area contributed by atoms with E-state index in [2.05, 4.69) is 16.0 Å². The van der Waals surface area contributed by atoms with Gasteiger partial charge in [-0.3, -0.25) is 9.59 Å². The Morgan fingerprint density at radius 3 is 1.75 bits per heavy atom. The molecule has 208 valence electrons. The summed E-state index contributed by atoms with van der Waals surface area (Å²) in [6.07, 6.45) is 4.25. The van der Waals surface area contributed by atoms with E-state index >= 15 is 0 Å². The lowest BCUT2D eigenvalue weighted by molar-refractivity contribution is -0.132. The molecular weight excluding hydrogens is 488 g/mol. The molecule has 11 heteroatoms. The van der Waals surface area contributed by atoms with E-state index < -0.39 is 40.9 Å². The fourth-order valence-electron chi connectivity index (χ4n) is 4.63. The lowest BCUT2D eigenvalue weighted by atomic mass is 10.0. The van der Waals surface area contributed by atoms with Crippen LogP contribution in [0.5, 0.6) is 0 Å². The second-order valence-electron chi connectivity index (χ2n) is 11.8. The van der Waals surface area contributed by atoms with Crippen LogP contribution in [0, 0.1) is 11.8 Å². The topological polar surface area (TPSA) is 163 Å². The normalized spacial score (nSPS) is 31.9. The summed E-state index contributed by atoms with van der Waals surface area (Å²) in [4.78, 5) is 35.5. The van der Waals surface area contributed by atoms with Crippen LogP contribution in [0.1, 0.15) is 86.0 Å². The molecule has 0 saturated heterocycles. The molecule has 2 unspecified atom stereocenters. The Balaban J connectivity index is 0.000000265. The van der Waals surface area contributed by atoms with Crippen LogP contribution < -0.4 is 21.7 Å². The highest BCUT2D eigenvalue weighted by molar-refractivity contribution is 5.85. The summed E-state index contributed by atoms with van der Waals surface area (Å²) < 4.78 is 5.24.